The average molecular weight is 304 g/mol. The number of nitrogens with one attached hydrogen (secondary N) is 1. The van der Waals surface area contributed by atoms with Crippen molar-refractivity contribution in [1.82, 2.24) is 5.32 Å². The molecule has 1 aromatic carbocycles. The Morgan fingerprint density at radius 2 is 1.88 bits per heavy atom. The van der Waals surface area contributed by atoms with Crippen LogP contribution in [0.5, 0.6) is 0 Å². The molecule has 1 aromatic rings. The van der Waals surface area contributed by atoms with Gasteiger partial charge in [0.2, 0.25) is 0 Å². The summed E-state index contributed by atoms with van der Waals surface area (Å²) in [6, 6.07) is 8.55. The van der Waals surface area contributed by atoms with Crippen molar-refractivity contribution in [1.29, 1.82) is 0 Å². The number of benzene rings is 1. The largest absolute Gasteiger partial charge is 0.309 e. The maximum Gasteiger partial charge on any atom is 0.0441 e. The SMILES string of the molecule is CC(NCC(C)S(C)=O)c1ccc(Br)cc1. The summed E-state index contributed by atoms with van der Waals surface area (Å²) in [5, 5.41) is 3.58. The van der Waals surface area contributed by atoms with Crippen LogP contribution in [0.4, 0.5) is 0 Å². The summed E-state index contributed by atoms with van der Waals surface area (Å²) in [5.74, 6) is 0. The Morgan fingerprint density at radius 3 is 2.38 bits per heavy atom. The lowest BCUT2D eigenvalue weighted by Crippen LogP contribution is -2.29. The van der Waals surface area contributed by atoms with Crippen LogP contribution in [0.25, 0.3) is 0 Å². The van der Waals surface area contributed by atoms with E-state index in [0.717, 1.165) is 11.0 Å². The average Bonchev–Trinajstić information content (AvgIpc) is 2.26. The molecule has 0 saturated carbocycles. The van der Waals surface area contributed by atoms with E-state index >= 15 is 0 Å². The molecule has 1 rings (SSSR count). The molecule has 0 heterocycles. The predicted molar refractivity (Wildman–Crippen MR) is 74.1 cm³/mol. The molecule has 0 amide bonds. The molecule has 16 heavy (non-hydrogen) atoms. The predicted octanol–water partition coefficient (Wildman–Crippen LogP) is 2.87. The summed E-state index contributed by atoms with van der Waals surface area (Å²) in [5.41, 5.74) is 1.25. The minimum atomic E-state index is -0.757. The second-order valence-corrected chi connectivity index (χ2v) is 6.71. The van der Waals surface area contributed by atoms with Gasteiger partial charge in [0, 0.05) is 39.4 Å². The van der Waals surface area contributed by atoms with Crippen LogP contribution in [0, 0.1) is 0 Å². The number of rotatable bonds is 5. The third-order valence-corrected chi connectivity index (χ3v) is 4.48. The molecular weight excluding hydrogens is 286 g/mol. The van der Waals surface area contributed by atoms with Gasteiger partial charge >= 0.3 is 0 Å². The van der Waals surface area contributed by atoms with E-state index < -0.39 is 10.8 Å². The highest BCUT2D eigenvalue weighted by molar-refractivity contribution is 9.10. The van der Waals surface area contributed by atoms with E-state index in [-0.39, 0.29) is 5.25 Å². The van der Waals surface area contributed by atoms with Gasteiger partial charge < -0.3 is 5.32 Å². The lowest BCUT2D eigenvalue weighted by Gasteiger charge is -2.16. The highest BCUT2D eigenvalue weighted by atomic mass is 79.9. The maximum atomic E-state index is 11.2. The van der Waals surface area contributed by atoms with Gasteiger partial charge in [-0.25, -0.2) is 0 Å². The van der Waals surface area contributed by atoms with E-state index in [9.17, 15) is 4.21 Å². The van der Waals surface area contributed by atoms with Crippen LogP contribution in [0.2, 0.25) is 0 Å². The topological polar surface area (TPSA) is 29.1 Å². The first-order valence-electron chi connectivity index (χ1n) is 5.31. The zero-order chi connectivity index (χ0) is 12.1. The van der Waals surface area contributed by atoms with Crippen molar-refractivity contribution in [2.45, 2.75) is 25.1 Å². The molecule has 4 heteroatoms. The molecule has 3 unspecified atom stereocenters. The Kier molecular flexibility index (Phi) is 5.66. The lowest BCUT2D eigenvalue weighted by atomic mass is 10.1. The molecule has 0 aliphatic carbocycles. The fourth-order valence-electron chi connectivity index (χ4n) is 1.33. The molecular formula is C12H18BrNOS. The summed E-state index contributed by atoms with van der Waals surface area (Å²) in [6.07, 6.45) is 1.75. The normalized spacial score (nSPS) is 16.8. The summed E-state index contributed by atoms with van der Waals surface area (Å²) in [4.78, 5) is 0. The third kappa shape index (κ3) is 4.36. The van der Waals surface area contributed by atoms with Crippen molar-refractivity contribution in [2.24, 2.45) is 0 Å². The second kappa shape index (κ2) is 6.52. The van der Waals surface area contributed by atoms with Gasteiger partial charge in [-0.2, -0.15) is 0 Å². The Labute approximate surface area is 108 Å². The molecule has 0 aliphatic heterocycles. The first kappa shape index (κ1) is 13.9. The third-order valence-electron chi connectivity index (χ3n) is 2.65. The number of halogens is 1. The van der Waals surface area contributed by atoms with E-state index in [2.05, 4.69) is 40.3 Å². The quantitative estimate of drug-likeness (QED) is 0.906. The Balaban J connectivity index is 2.49. The molecule has 0 saturated heterocycles. The first-order chi connectivity index (χ1) is 7.50. The molecule has 2 nitrogen and oxygen atoms in total. The minimum Gasteiger partial charge on any atom is -0.309 e. The Hall–Kier alpha value is -0.190. The smallest absolute Gasteiger partial charge is 0.0441 e. The van der Waals surface area contributed by atoms with Crippen LogP contribution in [0.3, 0.4) is 0 Å². The molecule has 1 N–H and O–H groups in total. The molecule has 0 spiro atoms. The molecule has 0 aromatic heterocycles. The van der Waals surface area contributed by atoms with Crippen molar-refractivity contribution >= 4 is 26.7 Å². The highest BCUT2D eigenvalue weighted by Gasteiger charge is 2.09. The van der Waals surface area contributed by atoms with Gasteiger partial charge in [0.1, 0.15) is 0 Å². The van der Waals surface area contributed by atoms with Gasteiger partial charge in [-0.3, -0.25) is 4.21 Å². The van der Waals surface area contributed by atoms with Crippen molar-refractivity contribution in [3.8, 4) is 0 Å². The van der Waals surface area contributed by atoms with Gasteiger partial charge in [-0.05, 0) is 31.5 Å². The van der Waals surface area contributed by atoms with Crippen LogP contribution in [-0.4, -0.2) is 22.3 Å². The van der Waals surface area contributed by atoms with Crippen molar-refractivity contribution < 1.29 is 4.21 Å². The van der Waals surface area contributed by atoms with E-state index in [1.807, 2.05) is 19.1 Å². The van der Waals surface area contributed by atoms with Crippen molar-refractivity contribution in [3.05, 3.63) is 34.3 Å². The maximum absolute atomic E-state index is 11.2. The summed E-state index contributed by atoms with van der Waals surface area (Å²) in [6.45, 7) is 4.90. The summed E-state index contributed by atoms with van der Waals surface area (Å²) < 4.78 is 12.3. The van der Waals surface area contributed by atoms with Gasteiger partial charge in [0.05, 0.1) is 0 Å². The number of hydrogen-bond donors (Lipinski definition) is 1. The van der Waals surface area contributed by atoms with Crippen LogP contribution >= 0.6 is 15.9 Å². The zero-order valence-corrected chi connectivity index (χ0v) is 12.3. The minimum absolute atomic E-state index is 0.192. The van der Waals surface area contributed by atoms with Crippen LogP contribution < -0.4 is 5.32 Å². The molecule has 0 radical (unpaired) electrons. The fourth-order valence-corrected chi connectivity index (χ4v) is 1.92. The molecule has 0 aliphatic rings. The van der Waals surface area contributed by atoms with Gasteiger partial charge in [0.25, 0.3) is 0 Å². The van der Waals surface area contributed by atoms with Gasteiger partial charge in [0.15, 0.2) is 0 Å². The van der Waals surface area contributed by atoms with Crippen LogP contribution in [0.15, 0.2) is 28.7 Å². The zero-order valence-electron chi connectivity index (χ0n) is 9.87. The highest BCUT2D eigenvalue weighted by Crippen LogP contribution is 2.16. The number of hydrogen-bond acceptors (Lipinski definition) is 2. The Morgan fingerprint density at radius 1 is 1.31 bits per heavy atom. The monoisotopic (exact) mass is 303 g/mol. The van der Waals surface area contributed by atoms with Crippen molar-refractivity contribution in [3.63, 3.8) is 0 Å². The van der Waals surface area contributed by atoms with Crippen molar-refractivity contribution in [2.75, 3.05) is 12.8 Å². The van der Waals surface area contributed by atoms with Crippen LogP contribution in [0.1, 0.15) is 25.5 Å². The van der Waals surface area contributed by atoms with E-state index in [1.54, 1.807) is 6.26 Å². The molecule has 0 bridgehead atoms. The van der Waals surface area contributed by atoms with Gasteiger partial charge in [-0.1, -0.05) is 28.1 Å². The summed E-state index contributed by atoms with van der Waals surface area (Å²) >= 11 is 3.42. The lowest BCUT2D eigenvalue weighted by molar-refractivity contribution is 0.569. The first-order valence-corrected chi connectivity index (χ1v) is 7.73. The van der Waals surface area contributed by atoms with E-state index in [0.29, 0.717) is 6.04 Å². The molecule has 3 atom stereocenters. The second-order valence-electron chi connectivity index (χ2n) is 3.99. The van der Waals surface area contributed by atoms with Gasteiger partial charge in [-0.15, -0.1) is 0 Å². The van der Waals surface area contributed by atoms with E-state index in [1.165, 1.54) is 5.56 Å². The fraction of sp³-hybridized carbons (Fsp3) is 0.500. The Bertz CT molecular complexity index is 353. The van der Waals surface area contributed by atoms with E-state index in [4.69, 9.17) is 0 Å². The van der Waals surface area contributed by atoms with Crippen LogP contribution in [-0.2, 0) is 10.8 Å². The molecule has 90 valence electrons. The molecule has 0 fully saturated rings. The standard InChI is InChI=1S/C12H18BrNOS/c1-9(16(3)15)8-14-10(2)11-4-6-12(13)7-5-11/h4-7,9-10,14H,8H2,1-3H3. The summed E-state index contributed by atoms with van der Waals surface area (Å²) in [7, 11) is -0.757.